The molecular formula is CaMnSeZn. The van der Waals surface area contributed by atoms with Crippen molar-refractivity contribution in [2.45, 2.75) is 0 Å². The smallest absolute Gasteiger partial charge is 0 e. The van der Waals surface area contributed by atoms with Crippen LogP contribution in [0, 0.1) is 0 Å². The second-order valence-corrected chi connectivity index (χ2v) is 0. The number of hydrogen-bond donors (Lipinski definition) is 0. The maximum Gasteiger partial charge on any atom is 0 e. The van der Waals surface area contributed by atoms with Crippen molar-refractivity contribution in [3.63, 3.8) is 0 Å². The average molecular weight is 239 g/mol. The number of rotatable bonds is 0. The van der Waals surface area contributed by atoms with E-state index in [1.807, 2.05) is 0 Å². The molecule has 0 aliphatic heterocycles. The molecule has 0 fully saturated rings. The van der Waals surface area contributed by atoms with Crippen molar-refractivity contribution in [3.8, 4) is 0 Å². The first-order valence-electron chi connectivity index (χ1n) is 0. The van der Waals surface area contributed by atoms with Gasteiger partial charge in [0.1, 0.15) is 0 Å². The van der Waals surface area contributed by atoms with Gasteiger partial charge in [-0.2, -0.15) is 0 Å². The summed E-state index contributed by atoms with van der Waals surface area (Å²) in [6.07, 6.45) is 0. The Hall–Kier alpha value is 2.92. The van der Waals surface area contributed by atoms with Gasteiger partial charge in [-0.15, -0.1) is 0 Å². The van der Waals surface area contributed by atoms with E-state index >= 15 is 0 Å². The first-order chi connectivity index (χ1) is 0. The van der Waals surface area contributed by atoms with Crippen molar-refractivity contribution in [1.29, 1.82) is 0 Å². The Morgan fingerprint density at radius 2 is 1.00 bits per heavy atom. The second-order valence-electron chi connectivity index (χ2n) is 0. The molecule has 0 nitrogen and oxygen atoms in total. The van der Waals surface area contributed by atoms with E-state index in [1.165, 1.54) is 0 Å². The third-order valence-electron chi connectivity index (χ3n) is 0. The van der Waals surface area contributed by atoms with Crippen molar-refractivity contribution < 1.29 is 36.5 Å². The van der Waals surface area contributed by atoms with E-state index in [4.69, 9.17) is 0 Å². The largest absolute Gasteiger partial charge is 0 e. The Bertz CT molecular complexity index is 8.00. The summed E-state index contributed by atoms with van der Waals surface area (Å²) >= 11 is 0. The molecule has 0 aliphatic carbocycles. The summed E-state index contributed by atoms with van der Waals surface area (Å²) in [6, 6.07) is 0. The summed E-state index contributed by atoms with van der Waals surface area (Å²) in [7, 11) is 0. The molecule has 0 N–H and O–H groups in total. The van der Waals surface area contributed by atoms with Crippen LogP contribution in [0.3, 0.4) is 0 Å². The summed E-state index contributed by atoms with van der Waals surface area (Å²) in [5.74, 6) is 0. The fourth-order valence-corrected chi connectivity index (χ4v) is 0. The molecule has 0 bridgehead atoms. The molecule has 0 atom stereocenters. The molecule has 17 valence electrons. The van der Waals surface area contributed by atoms with Gasteiger partial charge in [-0.25, -0.2) is 0 Å². The van der Waals surface area contributed by atoms with Crippen molar-refractivity contribution in [2.24, 2.45) is 0 Å². The van der Waals surface area contributed by atoms with Gasteiger partial charge in [0.2, 0.25) is 0 Å². The quantitative estimate of drug-likeness (QED) is 0.487. The SMILES string of the molecule is [Ca].[Mn].[Se].[Zn]. The monoisotopic (exact) mass is 239 g/mol. The van der Waals surface area contributed by atoms with Gasteiger partial charge in [0.25, 0.3) is 0 Å². The minimum atomic E-state index is 0. The molecule has 0 aliphatic rings. The Labute approximate surface area is 89.6 Å². The van der Waals surface area contributed by atoms with E-state index < -0.39 is 0 Å². The first-order valence-corrected chi connectivity index (χ1v) is 0. The van der Waals surface area contributed by atoms with Gasteiger partial charge in [0.05, 0.1) is 0 Å². The Morgan fingerprint density at radius 1 is 1.00 bits per heavy atom. The molecule has 0 spiro atoms. The van der Waals surface area contributed by atoms with Crippen molar-refractivity contribution in [1.82, 2.24) is 0 Å². The maximum atomic E-state index is 0. The molecule has 0 aromatic carbocycles. The van der Waals surface area contributed by atoms with Gasteiger partial charge in [0.15, 0.2) is 0 Å². The van der Waals surface area contributed by atoms with Crippen LogP contribution in [-0.2, 0) is 36.5 Å². The standard InChI is InChI=1S/Ca.Mn.Se.Zn. The van der Waals surface area contributed by atoms with Crippen molar-refractivity contribution >= 4 is 54.8 Å². The minimum absolute atomic E-state index is 0. The van der Waals surface area contributed by atoms with E-state index in [1.54, 1.807) is 0 Å². The molecule has 0 saturated heterocycles. The second kappa shape index (κ2) is 16.8. The molecule has 5 radical (unpaired) electrons. The third-order valence-corrected chi connectivity index (χ3v) is 0. The molecule has 0 saturated carbocycles. The molecular weight excluding hydrogens is 239 g/mol. The van der Waals surface area contributed by atoms with Crippen LogP contribution in [0.5, 0.6) is 0 Å². The molecule has 0 aromatic heterocycles. The molecule has 0 amide bonds. The zero-order chi connectivity index (χ0) is 0. The van der Waals surface area contributed by atoms with Gasteiger partial charge >= 0.3 is 0 Å². The molecule has 4 heteroatoms. The maximum absolute atomic E-state index is 0. The minimum Gasteiger partial charge on any atom is 0 e. The van der Waals surface area contributed by atoms with Crippen LogP contribution in [0.25, 0.3) is 0 Å². The average Bonchev–Trinajstić information content (AvgIpc) is 0. The molecule has 4 heavy (non-hydrogen) atoms. The zero-order valence-corrected chi connectivity index (χ0v) is 10.3. The van der Waals surface area contributed by atoms with E-state index in [9.17, 15) is 0 Å². The van der Waals surface area contributed by atoms with Crippen LogP contribution in [0.4, 0.5) is 0 Å². The summed E-state index contributed by atoms with van der Waals surface area (Å²) in [6.45, 7) is 0. The molecule has 0 aromatic rings. The summed E-state index contributed by atoms with van der Waals surface area (Å²) in [5, 5.41) is 0. The van der Waals surface area contributed by atoms with Gasteiger partial charge in [0, 0.05) is 91.4 Å². The summed E-state index contributed by atoms with van der Waals surface area (Å²) in [4.78, 5) is 0. The van der Waals surface area contributed by atoms with Crippen molar-refractivity contribution in [3.05, 3.63) is 0 Å². The van der Waals surface area contributed by atoms with E-state index in [0.29, 0.717) is 0 Å². The summed E-state index contributed by atoms with van der Waals surface area (Å²) < 4.78 is 0. The van der Waals surface area contributed by atoms with Crippen LogP contribution in [0.15, 0.2) is 0 Å². The number of hydrogen-bond acceptors (Lipinski definition) is 0. The van der Waals surface area contributed by atoms with Crippen LogP contribution < -0.4 is 0 Å². The topological polar surface area (TPSA) is 0 Å². The molecule has 0 rings (SSSR count). The predicted octanol–water partition coefficient (Wildman–Crippen LogP) is -0.767. The van der Waals surface area contributed by atoms with E-state index in [-0.39, 0.29) is 91.4 Å². The van der Waals surface area contributed by atoms with Gasteiger partial charge in [-0.1, -0.05) is 0 Å². The molecule has 0 heterocycles. The Morgan fingerprint density at radius 3 is 1.00 bits per heavy atom. The summed E-state index contributed by atoms with van der Waals surface area (Å²) in [5.41, 5.74) is 0. The van der Waals surface area contributed by atoms with Crippen LogP contribution in [0.2, 0.25) is 0 Å². The van der Waals surface area contributed by atoms with Crippen LogP contribution >= 0.6 is 0 Å². The van der Waals surface area contributed by atoms with E-state index in [0.717, 1.165) is 0 Å². The zero-order valence-electron chi connectivity index (χ0n) is 2.20. The van der Waals surface area contributed by atoms with Gasteiger partial charge in [-0.05, 0) is 0 Å². The van der Waals surface area contributed by atoms with Crippen molar-refractivity contribution in [2.75, 3.05) is 0 Å². The van der Waals surface area contributed by atoms with Crippen LogP contribution in [0.1, 0.15) is 0 Å². The first kappa shape index (κ1) is 28.4. The third kappa shape index (κ3) is 8.87. The normalized spacial score (nSPS) is 0. The Balaban J connectivity index is 0. The fourth-order valence-electron chi connectivity index (χ4n) is 0. The Kier molecular flexibility index (Phi) is 119. The van der Waals surface area contributed by atoms with E-state index in [2.05, 4.69) is 0 Å². The molecule has 0 unspecified atom stereocenters. The van der Waals surface area contributed by atoms with Gasteiger partial charge in [-0.3, -0.25) is 0 Å². The predicted molar refractivity (Wildman–Crippen MR) is 11.5 cm³/mol. The van der Waals surface area contributed by atoms with Gasteiger partial charge < -0.3 is 0 Å². The van der Waals surface area contributed by atoms with Crippen LogP contribution in [-0.4, -0.2) is 54.8 Å². The fraction of sp³-hybridized carbons (Fsp3) is 0.